The van der Waals surface area contributed by atoms with Gasteiger partial charge in [-0.25, -0.2) is 4.68 Å². The van der Waals surface area contributed by atoms with Crippen LogP contribution in [0.25, 0.3) is 5.69 Å². The minimum atomic E-state index is -0.330. The Morgan fingerprint density at radius 1 is 1.19 bits per heavy atom. The summed E-state index contributed by atoms with van der Waals surface area (Å²) in [4.78, 5) is 12.5. The van der Waals surface area contributed by atoms with Crippen LogP contribution in [-0.4, -0.2) is 27.9 Å². The van der Waals surface area contributed by atoms with Crippen LogP contribution in [0, 0.1) is 6.92 Å². The second kappa shape index (κ2) is 7.31. The van der Waals surface area contributed by atoms with Gasteiger partial charge in [-0.15, -0.1) is 0 Å². The highest BCUT2D eigenvalue weighted by Crippen LogP contribution is 2.23. The van der Waals surface area contributed by atoms with E-state index in [0.29, 0.717) is 11.4 Å². The van der Waals surface area contributed by atoms with Crippen molar-refractivity contribution < 1.29 is 14.6 Å². The molecule has 0 radical (unpaired) electrons. The van der Waals surface area contributed by atoms with Crippen molar-refractivity contribution in [3.05, 3.63) is 65.5 Å². The average molecular weight is 351 g/mol. The van der Waals surface area contributed by atoms with Crippen LogP contribution in [0.2, 0.25) is 0 Å². The number of amides is 1. The molecule has 0 aliphatic carbocycles. The fraction of sp³-hybridized carbons (Fsp3) is 0.200. The van der Waals surface area contributed by atoms with Crippen molar-refractivity contribution in [2.45, 2.75) is 20.3 Å². The summed E-state index contributed by atoms with van der Waals surface area (Å²) < 4.78 is 6.86. The first-order valence-electron chi connectivity index (χ1n) is 8.36. The first kappa shape index (κ1) is 17.5. The third-order valence-corrected chi connectivity index (χ3v) is 4.16. The normalized spacial score (nSPS) is 10.6. The number of ether oxygens (including phenoxy) is 1. The zero-order valence-corrected chi connectivity index (χ0v) is 15.0. The molecule has 6 nitrogen and oxygen atoms in total. The Bertz CT molecular complexity index is 930. The summed E-state index contributed by atoms with van der Waals surface area (Å²) in [5, 5.41) is 17.1. The number of phenols is 1. The largest absolute Gasteiger partial charge is 0.508 e. The number of nitrogens with one attached hydrogen (secondary N) is 1. The zero-order chi connectivity index (χ0) is 18.7. The number of aromatic nitrogens is 2. The van der Waals surface area contributed by atoms with Crippen LogP contribution in [0.15, 0.2) is 48.5 Å². The number of carbonyl (C=O) groups excluding carboxylic acids is 1. The van der Waals surface area contributed by atoms with Crippen LogP contribution in [0.5, 0.6) is 11.5 Å². The molecule has 1 aromatic heterocycles. The van der Waals surface area contributed by atoms with E-state index in [1.165, 1.54) is 0 Å². The molecule has 3 rings (SSSR count). The minimum Gasteiger partial charge on any atom is -0.508 e. The van der Waals surface area contributed by atoms with E-state index in [2.05, 4.69) is 10.4 Å². The number of benzene rings is 2. The third-order valence-electron chi connectivity index (χ3n) is 4.16. The van der Waals surface area contributed by atoms with E-state index in [1.807, 2.05) is 38.1 Å². The van der Waals surface area contributed by atoms with Crippen molar-refractivity contribution in [1.82, 2.24) is 9.78 Å². The number of hydrogen-bond acceptors (Lipinski definition) is 4. The summed E-state index contributed by atoms with van der Waals surface area (Å²) in [6, 6.07) is 14.3. The molecular formula is C20H21N3O3. The van der Waals surface area contributed by atoms with Crippen LogP contribution in [0.3, 0.4) is 0 Å². The quantitative estimate of drug-likeness (QED) is 0.735. The van der Waals surface area contributed by atoms with Gasteiger partial charge in [-0.1, -0.05) is 13.0 Å². The van der Waals surface area contributed by atoms with E-state index < -0.39 is 0 Å². The monoisotopic (exact) mass is 351 g/mol. The molecule has 2 aromatic carbocycles. The standard InChI is InChI=1S/C20H21N3O3/c1-4-14-5-6-15(12-19(14)24)21-20(25)18-11-13(2)23(22-18)16-7-9-17(26-3)10-8-16/h5-12,24H,4H2,1-3H3,(H,21,25). The molecule has 0 saturated carbocycles. The highest BCUT2D eigenvalue weighted by atomic mass is 16.5. The Morgan fingerprint density at radius 3 is 2.54 bits per heavy atom. The number of rotatable bonds is 5. The van der Waals surface area contributed by atoms with Crippen molar-refractivity contribution in [3.8, 4) is 17.2 Å². The molecule has 1 amide bonds. The van der Waals surface area contributed by atoms with Gasteiger partial charge in [-0.3, -0.25) is 4.79 Å². The summed E-state index contributed by atoms with van der Waals surface area (Å²) in [5.41, 5.74) is 3.35. The Morgan fingerprint density at radius 2 is 1.92 bits per heavy atom. The van der Waals surface area contributed by atoms with Gasteiger partial charge in [0.25, 0.3) is 5.91 Å². The van der Waals surface area contributed by atoms with Crippen LogP contribution in [0.4, 0.5) is 5.69 Å². The summed E-state index contributed by atoms with van der Waals surface area (Å²) >= 11 is 0. The van der Waals surface area contributed by atoms with Crippen LogP contribution in [0.1, 0.15) is 28.7 Å². The second-order valence-corrected chi connectivity index (χ2v) is 5.93. The van der Waals surface area contributed by atoms with Gasteiger partial charge >= 0.3 is 0 Å². The summed E-state index contributed by atoms with van der Waals surface area (Å²) in [5.74, 6) is 0.598. The number of aryl methyl sites for hydroxylation is 2. The highest BCUT2D eigenvalue weighted by molar-refractivity contribution is 6.03. The molecule has 1 heterocycles. The third kappa shape index (κ3) is 3.54. The molecule has 0 spiro atoms. The van der Waals surface area contributed by atoms with E-state index in [-0.39, 0.29) is 11.7 Å². The molecule has 0 aliphatic heterocycles. The van der Waals surface area contributed by atoms with E-state index in [1.54, 1.807) is 36.1 Å². The lowest BCUT2D eigenvalue weighted by atomic mass is 10.1. The van der Waals surface area contributed by atoms with E-state index in [9.17, 15) is 9.90 Å². The number of anilines is 1. The first-order valence-corrected chi connectivity index (χ1v) is 8.36. The minimum absolute atomic E-state index is 0.172. The predicted molar refractivity (Wildman–Crippen MR) is 100 cm³/mol. The van der Waals surface area contributed by atoms with Gasteiger partial charge in [-0.05, 0) is 55.3 Å². The summed E-state index contributed by atoms with van der Waals surface area (Å²) in [7, 11) is 1.61. The van der Waals surface area contributed by atoms with E-state index >= 15 is 0 Å². The number of nitrogens with zero attached hydrogens (tertiary/aromatic N) is 2. The molecule has 0 aliphatic rings. The van der Waals surface area contributed by atoms with Gasteiger partial charge in [-0.2, -0.15) is 5.10 Å². The molecule has 3 aromatic rings. The fourth-order valence-electron chi connectivity index (χ4n) is 2.71. The van der Waals surface area contributed by atoms with Gasteiger partial charge in [0.05, 0.1) is 12.8 Å². The molecule has 0 unspecified atom stereocenters. The Kier molecular flexibility index (Phi) is 4.93. The van der Waals surface area contributed by atoms with Crippen LogP contribution in [-0.2, 0) is 6.42 Å². The lowest BCUT2D eigenvalue weighted by Crippen LogP contribution is -2.13. The van der Waals surface area contributed by atoms with Crippen LogP contribution < -0.4 is 10.1 Å². The molecule has 134 valence electrons. The zero-order valence-electron chi connectivity index (χ0n) is 15.0. The average Bonchev–Trinajstić information content (AvgIpc) is 3.04. The molecule has 0 saturated heterocycles. The summed E-state index contributed by atoms with van der Waals surface area (Å²) in [6.45, 7) is 3.85. The lowest BCUT2D eigenvalue weighted by molar-refractivity contribution is 0.102. The van der Waals surface area contributed by atoms with Crippen molar-refractivity contribution in [2.24, 2.45) is 0 Å². The second-order valence-electron chi connectivity index (χ2n) is 5.93. The molecule has 26 heavy (non-hydrogen) atoms. The van der Waals surface area contributed by atoms with Gasteiger partial charge in [0, 0.05) is 17.4 Å². The Labute approximate surface area is 152 Å². The van der Waals surface area contributed by atoms with Crippen LogP contribution >= 0.6 is 0 Å². The Balaban J connectivity index is 1.81. The van der Waals surface area contributed by atoms with Gasteiger partial charge < -0.3 is 15.2 Å². The molecule has 0 bridgehead atoms. The molecule has 0 fully saturated rings. The number of carbonyl (C=O) groups is 1. The maximum absolute atomic E-state index is 12.5. The number of phenolic OH excluding ortho intramolecular Hbond substituents is 1. The SMILES string of the molecule is CCc1ccc(NC(=O)c2cc(C)n(-c3ccc(OC)cc3)n2)cc1O. The smallest absolute Gasteiger partial charge is 0.276 e. The first-order chi connectivity index (χ1) is 12.5. The molecule has 6 heteroatoms. The fourth-order valence-corrected chi connectivity index (χ4v) is 2.71. The predicted octanol–water partition coefficient (Wildman–Crippen LogP) is 3.71. The van der Waals surface area contributed by atoms with Crippen molar-refractivity contribution >= 4 is 11.6 Å². The molecule has 0 atom stereocenters. The van der Waals surface area contributed by atoms with Gasteiger partial charge in [0.15, 0.2) is 5.69 Å². The lowest BCUT2D eigenvalue weighted by Gasteiger charge is -2.07. The van der Waals surface area contributed by atoms with Crippen molar-refractivity contribution in [1.29, 1.82) is 0 Å². The highest BCUT2D eigenvalue weighted by Gasteiger charge is 2.14. The number of hydrogen-bond donors (Lipinski definition) is 2. The Hall–Kier alpha value is -3.28. The van der Waals surface area contributed by atoms with E-state index in [0.717, 1.165) is 29.1 Å². The molecular weight excluding hydrogens is 330 g/mol. The number of methoxy groups -OCH3 is 1. The van der Waals surface area contributed by atoms with Crippen molar-refractivity contribution in [3.63, 3.8) is 0 Å². The maximum Gasteiger partial charge on any atom is 0.276 e. The topological polar surface area (TPSA) is 76.4 Å². The summed E-state index contributed by atoms with van der Waals surface area (Å²) in [6.07, 6.45) is 0.728. The van der Waals surface area contributed by atoms with Crippen molar-refractivity contribution in [2.75, 3.05) is 12.4 Å². The van der Waals surface area contributed by atoms with Gasteiger partial charge in [0.2, 0.25) is 0 Å². The van der Waals surface area contributed by atoms with Gasteiger partial charge in [0.1, 0.15) is 11.5 Å². The molecule has 2 N–H and O–H groups in total. The van der Waals surface area contributed by atoms with E-state index in [4.69, 9.17) is 4.74 Å². The maximum atomic E-state index is 12.5. The number of aromatic hydroxyl groups is 1.